The highest BCUT2D eigenvalue weighted by Gasteiger charge is 2.21. The first-order valence-corrected chi connectivity index (χ1v) is 4.75. The van der Waals surface area contributed by atoms with E-state index in [1.807, 2.05) is 12.2 Å². The summed E-state index contributed by atoms with van der Waals surface area (Å²) < 4.78 is 0. The summed E-state index contributed by atoms with van der Waals surface area (Å²) in [4.78, 5) is 0. The van der Waals surface area contributed by atoms with E-state index in [9.17, 15) is 0 Å². The number of rotatable bonds is 3. The number of aliphatic hydroxyl groups excluding tert-OH is 1. The van der Waals surface area contributed by atoms with Crippen molar-refractivity contribution in [3.8, 4) is 0 Å². The van der Waals surface area contributed by atoms with Crippen LogP contribution in [0.25, 0.3) is 0 Å². The molecule has 68 valence electrons. The third kappa shape index (κ3) is 2.40. The molecule has 0 aromatic rings. The van der Waals surface area contributed by atoms with Crippen LogP contribution in [-0.4, -0.2) is 5.11 Å². The van der Waals surface area contributed by atoms with Crippen molar-refractivity contribution in [3.63, 3.8) is 0 Å². The molecule has 1 N–H and O–H groups in total. The molecule has 0 bridgehead atoms. The Balaban J connectivity index is 2.47. The van der Waals surface area contributed by atoms with Gasteiger partial charge in [-0.25, -0.2) is 0 Å². The first kappa shape index (κ1) is 9.37. The minimum atomic E-state index is 0.294. The van der Waals surface area contributed by atoms with Gasteiger partial charge < -0.3 is 5.11 Å². The summed E-state index contributed by atoms with van der Waals surface area (Å²) in [5.41, 5.74) is 0.294. The summed E-state index contributed by atoms with van der Waals surface area (Å²) in [6.45, 7) is 4.46. The van der Waals surface area contributed by atoms with Crippen molar-refractivity contribution in [2.75, 3.05) is 0 Å². The molecule has 1 aliphatic rings. The molecule has 0 spiro atoms. The molecule has 0 aromatic carbocycles. The maximum Gasteiger partial charge on any atom is 0.111 e. The van der Waals surface area contributed by atoms with Crippen LogP contribution in [0.15, 0.2) is 24.0 Å². The van der Waals surface area contributed by atoms with E-state index in [0.29, 0.717) is 11.2 Å². The fourth-order valence-corrected chi connectivity index (χ4v) is 1.53. The topological polar surface area (TPSA) is 20.2 Å². The second kappa shape index (κ2) is 3.79. The maximum absolute atomic E-state index is 9.14. The van der Waals surface area contributed by atoms with Crippen LogP contribution in [-0.2, 0) is 0 Å². The van der Waals surface area contributed by atoms with Gasteiger partial charge in [0.2, 0.25) is 0 Å². The summed E-state index contributed by atoms with van der Waals surface area (Å²) in [7, 11) is 0. The molecule has 0 saturated heterocycles. The third-order valence-electron chi connectivity index (χ3n) is 2.54. The van der Waals surface area contributed by atoms with Crippen molar-refractivity contribution in [3.05, 3.63) is 24.0 Å². The van der Waals surface area contributed by atoms with E-state index in [1.54, 1.807) is 0 Å². The number of unbranched alkanes of at least 4 members (excludes halogenated alkanes) is 1. The normalized spacial score (nSPS) is 28.7. The van der Waals surface area contributed by atoms with Crippen molar-refractivity contribution >= 4 is 0 Å². The smallest absolute Gasteiger partial charge is 0.111 e. The van der Waals surface area contributed by atoms with E-state index in [2.05, 4.69) is 19.9 Å². The second-order valence-corrected chi connectivity index (χ2v) is 3.92. The van der Waals surface area contributed by atoms with E-state index >= 15 is 0 Å². The molecule has 0 radical (unpaired) electrons. The molecule has 1 heteroatoms. The molecule has 0 heterocycles. The number of allylic oxidation sites excluding steroid dienone is 3. The van der Waals surface area contributed by atoms with Gasteiger partial charge in [0.25, 0.3) is 0 Å². The van der Waals surface area contributed by atoms with Gasteiger partial charge in [0, 0.05) is 0 Å². The van der Waals surface area contributed by atoms with Gasteiger partial charge in [-0.2, -0.15) is 0 Å². The van der Waals surface area contributed by atoms with Crippen molar-refractivity contribution < 1.29 is 5.11 Å². The fourth-order valence-electron chi connectivity index (χ4n) is 1.53. The lowest BCUT2D eigenvalue weighted by molar-refractivity contribution is 0.353. The lowest BCUT2D eigenvalue weighted by atomic mass is 9.79. The van der Waals surface area contributed by atoms with Crippen LogP contribution >= 0.6 is 0 Å². The molecule has 0 amide bonds. The summed E-state index contributed by atoms with van der Waals surface area (Å²) in [6, 6.07) is 0. The minimum Gasteiger partial charge on any atom is -0.508 e. The molecular formula is C11H18O. The van der Waals surface area contributed by atoms with Gasteiger partial charge in [-0.15, -0.1) is 0 Å². The molecule has 1 aliphatic carbocycles. The standard InChI is InChI=1S/C11H18O/c1-3-4-7-11(2)8-5-10(12)6-9-11/h5-6,8,12H,3-4,7,9H2,1-2H3. The zero-order chi connectivity index (χ0) is 9.03. The molecular weight excluding hydrogens is 148 g/mol. The number of aliphatic hydroxyl groups is 1. The average molecular weight is 166 g/mol. The van der Waals surface area contributed by atoms with Crippen molar-refractivity contribution in [1.29, 1.82) is 0 Å². The van der Waals surface area contributed by atoms with Crippen molar-refractivity contribution in [2.45, 2.75) is 39.5 Å². The number of hydrogen-bond acceptors (Lipinski definition) is 1. The molecule has 1 nitrogen and oxygen atoms in total. The van der Waals surface area contributed by atoms with Gasteiger partial charge in [-0.3, -0.25) is 0 Å². The van der Waals surface area contributed by atoms with Gasteiger partial charge >= 0.3 is 0 Å². The van der Waals surface area contributed by atoms with Gasteiger partial charge in [0.15, 0.2) is 0 Å². The van der Waals surface area contributed by atoms with Gasteiger partial charge in [-0.05, 0) is 30.4 Å². The Labute approximate surface area is 74.8 Å². The van der Waals surface area contributed by atoms with Crippen LogP contribution in [0, 0.1) is 5.41 Å². The Morgan fingerprint density at radius 1 is 1.58 bits per heavy atom. The largest absolute Gasteiger partial charge is 0.508 e. The Morgan fingerprint density at radius 2 is 2.33 bits per heavy atom. The predicted octanol–water partition coefficient (Wildman–Crippen LogP) is 3.58. The summed E-state index contributed by atoms with van der Waals surface area (Å²) >= 11 is 0. The van der Waals surface area contributed by atoms with Gasteiger partial charge in [0.1, 0.15) is 5.76 Å². The Hall–Kier alpha value is -0.720. The molecule has 12 heavy (non-hydrogen) atoms. The van der Waals surface area contributed by atoms with Crippen LogP contribution in [0.5, 0.6) is 0 Å². The first-order chi connectivity index (χ1) is 5.66. The monoisotopic (exact) mass is 166 g/mol. The van der Waals surface area contributed by atoms with E-state index < -0.39 is 0 Å². The fraction of sp³-hybridized carbons (Fsp3) is 0.636. The van der Waals surface area contributed by atoms with E-state index in [-0.39, 0.29) is 0 Å². The molecule has 1 rings (SSSR count). The molecule has 0 saturated carbocycles. The van der Waals surface area contributed by atoms with Crippen LogP contribution in [0.1, 0.15) is 39.5 Å². The predicted molar refractivity (Wildman–Crippen MR) is 52.1 cm³/mol. The third-order valence-corrected chi connectivity index (χ3v) is 2.54. The van der Waals surface area contributed by atoms with Crippen LogP contribution in [0.2, 0.25) is 0 Å². The Bertz CT molecular complexity index is 203. The molecule has 1 atom stereocenters. The highest BCUT2D eigenvalue weighted by Crippen LogP contribution is 2.33. The van der Waals surface area contributed by atoms with Crippen LogP contribution in [0.3, 0.4) is 0 Å². The molecule has 0 fully saturated rings. The van der Waals surface area contributed by atoms with Gasteiger partial charge in [-0.1, -0.05) is 32.8 Å². The lowest BCUT2D eigenvalue weighted by Crippen LogP contribution is -2.14. The van der Waals surface area contributed by atoms with E-state index in [0.717, 1.165) is 6.42 Å². The maximum atomic E-state index is 9.14. The molecule has 0 aromatic heterocycles. The van der Waals surface area contributed by atoms with Gasteiger partial charge in [0.05, 0.1) is 0 Å². The molecule has 0 aliphatic heterocycles. The highest BCUT2D eigenvalue weighted by atomic mass is 16.3. The number of hydrogen-bond donors (Lipinski definition) is 1. The van der Waals surface area contributed by atoms with Crippen LogP contribution < -0.4 is 0 Å². The second-order valence-electron chi connectivity index (χ2n) is 3.92. The first-order valence-electron chi connectivity index (χ1n) is 4.75. The SMILES string of the molecule is CCCCC1(C)C=CC(O)=CC1. The van der Waals surface area contributed by atoms with Crippen molar-refractivity contribution in [2.24, 2.45) is 5.41 Å². The van der Waals surface area contributed by atoms with E-state index in [1.165, 1.54) is 19.3 Å². The Kier molecular flexibility index (Phi) is 2.96. The zero-order valence-electron chi connectivity index (χ0n) is 8.01. The van der Waals surface area contributed by atoms with Crippen LogP contribution in [0.4, 0.5) is 0 Å². The average Bonchev–Trinajstić information content (AvgIpc) is 2.08. The quantitative estimate of drug-likeness (QED) is 0.679. The highest BCUT2D eigenvalue weighted by molar-refractivity contribution is 5.20. The summed E-state index contributed by atoms with van der Waals surface area (Å²) in [5.74, 6) is 0.420. The summed E-state index contributed by atoms with van der Waals surface area (Å²) in [5, 5.41) is 9.14. The molecule has 1 unspecified atom stereocenters. The van der Waals surface area contributed by atoms with Crippen molar-refractivity contribution in [1.82, 2.24) is 0 Å². The Morgan fingerprint density at radius 3 is 2.83 bits per heavy atom. The lowest BCUT2D eigenvalue weighted by Gasteiger charge is -2.26. The zero-order valence-corrected chi connectivity index (χ0v) is 8.01. The van der Waals surface area contributed by atoms with E-state index in [4.69, 9.17) is 5.11 Å². The minimum absolute atomic E-state index is 0.294. The summed E-state index contributed by atoms with van der Waals surface area (Å²) in [6.07, 6.45) is 10.6.